The molecule has 2 aliphatic rings. The Hall–Kier alpha value is -0.120. The van der Waals surface area contributed by atoms with Crippen LogP contribution in [0.15, 0.2) is 0 Å². The number of hydrogen-bond donors (Lipinski definition) is 1. The molecule has 2 saturated heterocycles. The molecule has 1 N–H and O–H groups in total. The van der Waals surface area contributed by atoms with Gasteiger partial charge in [-0.15, -0.1) is 0 Å². The van der Waals surface area contributed by atoms with Crippen LogP contribution in [0.4, 0.5) is 0 Å². The maximum Gasteiger partial charge on any atom is 0.0110 e. The van der Waals surface area contributed by atoms with Crippen LogP contribution in [-0.2, 0) is 0 Å². The van der Waals surface area contributed by atoms with Crippen molar-refractivity contribution in [3.8, 4) is 0 Å². The van der Waals surface area contributed by atoms with Gasteiger partial charge in [0.05, 0.1) is 0 Å². The number of likely N-dealkylation sites (tertiary alicyclic amines) is 1. The van der Waals surface area contributed by atoms with Crippen LogP contribution >= 0.6 is 0 Å². The molecular formula is C14H29N3. The minimum Gasteiger partial charge on any atom is -0.314 e. The molecule has 0 aromatic rings. The number of nitrogens with one attached hydrogen (secondary N) is 1. The monoisotopic (exact) mass is 239 g/mol. The first-order valence-electron chi connectivity index (χ1n) is 7.53. The van der Waals surface area contributed by atoms with E-state index in [0.29, 0.717) is 0 Å². The standard InChI is InChI=1S/C14H29N3/c1-14(17-12-7-15-8-13-17)6-11-16-9-4-2-3-5-10-16/h14-15H,2-13H2,1H3. The number of nitrogens with zero attached hydrogens (tertiary/aromatic N) is 2. The molecule has 2 aliphatic heterocycles. The van der Waals surface area contributed by atoms with Crippen molar-refractivity contribution in [1.29, 1.82) is 0 Å². The van der Waals surface area contributed by atoms with Crippen molar-refractivity contribution in [2.75, 3.05) is 45.8 Å². The first-order valence-corrected chi connectivity index (χ1v) is 7.53. The third kappa shape index (κ3) is 4.57. The lowest BCUT2D eigenvalue weighted by molar-refractivity contribution is 0.158. The molecule has 2 heterocycles. The molecule has 3 heteroatoms. The average molecular weight is 239 g/mol. The lowest BCUT2D eigenvalue weighted by Crippen LogP contribution is -2.48. The summed E-state index contributed by atoms with van der Waals surface area (Å²) in [4.78, 5) is 5.33. The first-order chi connectivity index (χ1) is 8.36. The molecule has 0 bridgehead atoms. The van der Waals surface area contributed by atoms with Crippen molar-refractivity contribution in [2.24, 2.45) is 0 Å². The van der Waals surface area contributed by atoms with Crippen LogP contribution in [0.3, 0.4) is 0 Å². The van der Waals surface area contributed by atoms with Gasteiger partial charge < -0.3 is 10.2 Å². The molecule has 3 nitrogen and oxygen atoms in total. The summed E-state index contributed by atoms with van der Waals surface area (Å²) < 4.78 is 0. The van der Waals surface area contributed by atoms with Crippen LogP contribution in [0.2, 0.25) is 0 Å². The first kappa shape index (κ1) is 13.3. The lowest BCUT2D eigenvalue weighted by atomic mass is 10.1. The number of piperazine rings is 1. The topological polar surface area (TPSA) is 18.5 Å². The van der Waals surface area contributed by atoms with E-state index in [1.807, 2.05) is 0 Å². The van der Waals surface area contributed by atoms with Gasteiger partial charge in [-0.1, -0.05) is 12.8 Å². The third-order valence-corrected chi connectivity index (χ3v) is 4.34. The highest BCUT2D eigenvalue weighted by atomic mass is 15.2. The van der Waals surface area contributed by atoms with Gasteiger partial charge in [0, 0.05) is 32.2 Å². The van der Waals surface area contributed by atoms with Gasteiger partial charge in [0.1, 0.15) is 0 Å². The highest BCUT2D eigenvalue weighted by Crippen LogP contribution is 2.12. The highest BCUT2D eigenvalue weighted by molar-refractivity contribution is 4.75. The van der Waals surface area contributed by atoms with Crippen molar-refractivity contribution in [3.05, 3.63) is 0 Å². The van der Waals surface area contributed by atoms with Gasteiger partial charge in [0.2, 0.25) is 0 Å². The van der Waals surface area contributed by atoms with Crippen LogP contribution < -0.4 is 5.32 Å². The molecule has 1 atom stereocenters. The largest absolute Gasteiger partial charge is 0.314 e. The van der Waals surface area contributed by atoms with E-state index in [2.05, 4.69) is 22.0 Å². The second-order valence-corrected chi connectivity index (χ2v) is 5.68. The van der Waals surface area contributed by atoms with E-state index in [4.69, 9.17) is 0 Å². The summed E-state index contributed by atoms with van der Waals surface area (Å²) >= 11 is 0. The molecule has 2 rings (SSSR count). The molecule has 0 amide bonds. The van der Waals surface area contributed by atoms with Crippen LogP contribution in [-0.4, -0.2) is 61.7 Å². The molecule has 17 heavy (non-hydrogen) atoms. The number of rotatable bonds is 4. The zero-order valence-electron chi connectivity index (χ0n) is 11.5. The van der Waals surface area contributed by atoms with E-state index < -0.39 is 0 Å². The zero-order valence-corrected chi connectivity index (χ0v) is 11.5. The molecule has 100 valence electrons. The van der Waals surface area contributed by atoms with Crippen LogP contribution in [0.1, 0.15) is 39.0 Å². The molecule has 0 aromatic carbocycles. The van der Waals surface area contributed by atoms with Crippen molar-refractivity contribution in [1.82, 2.24) is 15.1 Å². The van der Waals surface area contributed by atoms with E-state index in [-0.39, 0.29) is 0 Å². The van der Waals surface area contributed by atoms with E-state index in [0.717, 1.165) is 6.04 Å². The lowest BCUT2D eigenvalue weighted by Gasteiger charge is -2.34. The maximum atomic E-state index is 3.43. The van der Waals surface area contributed by atoms with Crippen molar-refractivity contribution < 1.29 is 0 Å². The summed E-state index contributed by atoms with van der Waals surface area (Å²) in [6.07, 6.45) is 7.08. The van der Waals surface area contributed by atoms with Gasteiger partial charge in [0.15, 0.2) is 0 Å². The Labute approximate surface area is 107 Å². The molecule has 0 aromatic heterocycles. The van der Waals surface area contributed by atoms with Crippen molar-refractivity contribution in [3.63, 3.8) is 0 Å². The van der Waals surface area contributed by atoms with Crippen LogP contribution in [0.25, 0.3) is 0 Å². The summed E-state index contributed by atoms with van der Waals surface area (Å²) in [5.41, 5.74) is 0. The minimum absolute atomic E-state index is 0.764. The fourth-order valence-corrected chi connectivity index (χ4v) is 3.03. The summed E-state index contributed by atoms with van der Waals surface area (Å²) in [6.45, 7) is 11.2. The minimum atomic E-state index is 0.764. The van der Waals surface area contributed by atoms with Crippen LogP contribution in [0.5, 0.6) is 0 Å². The Morgan fingerprint density at radius 2 is 1.59 bits per heavy atom. The predicted octanol–water partition coefficient (Wildman–Crippen LogP) is 1.55. The normalized spacial score (nSPS) is 26.6. The van der Waals surface area contributed by atoms with Gasteiger partial charge in [-0.25, -0.2) is 0 Å². The van der Waals surface area contributed by atoms with E-state index in [1.165, 1.54) is 77.9 Å². The van der Waals surface area contributed by atoms with Gasteiger partial charge in [0.25, 0.3) is 0 Å². The Balaban J connectivity index is 1.65. The van der Waals surface area contributed by atoms with Gasteiger partial charge in [-0.3, -0.25) is 4.90 Å². The summed E-state index contributed by atoms with van der Waals surface area (Å²) in [7, 11) is 0. The molecule has 2 fully saturated rings. The Bertz CT molecular complexity index is 194. The highest BCUT2D eigenvalue weighted by Gasteiger charge is 2.17. The Morgan fingerprint density at radius 1 is 0.941 bits per heavy atom. The second kappa shape index (κ2) is 7.34. The second-order valence-electron chi connectivity index (χ2n) is 5.68. The Morgan fingerprint density at radius 3 is 2.24 bits per heavy atom. The van der Waals surface area contributed by atoms with E-state index in [9.17, 15) is 0 Å². The quantitative estimate of drug-likeness (QED) is 0.803. The summed E-state index contributed by atoms with van der Waals surface area (Å²) in [6, 6.07) is 0.764. The Kier molecular flexibility index (Phi) is 5.75. The SMILES string of the molecule is CC(CCN1CCCCCC1)N1CCNCC1. The van der Waals surface area contributed by atoms with Crippen molar-refractivity contribution in [2.45, 2.75) is 45.1 Å². The van der Waals surface area contributed by atoms with Gasteiger partial charge in [-0.2, -0.15) is 0 Å². The molecular weight excluding hydrogens is 210 g/mol. The molecule has 0 radical (unpaired) electrons. The molecule has 0 saturated carbocycles. The van der Waals surface area contributed by atoms with Gasteiger partial charge in [-0.05, 0) is 45.8 Å². The fourth-order valence-electron chi connectivity index (χ4n) is 3.03. The van der Waals surface area contributed by atoms with Crippen molar-refractivity contribution >= 4 is 0 Å². The smallest absolute Gasteiger partial charge is 0.0110 e. The summed E-state index contributed by atoms with van der Waals surface area (Å²) in [5, 5.41) is 3.43. The fraction of sp³-hybridized carbons (Fsp3) is 1.00. The van der Waals surface area contributed by atoms with E-state index >= 15 is 0 Å². The molecule has 1 unspecified atom stereocenters. The van der Waals surface area contributed by atoms with Crippen LogP contribution in [0, 0.1) is 0 Å². The maximum absolute atomic E-state index is 3.43. The number of hydrogen-bond acceptors (Lipinski definition) is 3. The molecule has 0 aliphatic carbocycles. The predicted molar refractivity (Wildman–Crippen MR) is 73.4 cm³/mol. The zero-order chi connectivity index (χ0) is 11.9. The summed E-state index contributed by atoms with van der Waals surface area (Å²) in [5.74, 6) is 0. The van der Waals surface area contributed by atoms with E-state index in [1.54, 1.807) is 0 Å². The van der Waals surface area contributed by atoms with Gasteiger partial charge >= 0.3 is 0 Å². The third-order valence-electron chi connectivity index (χ3n) is 4.34. The average Bonchev–Trinajstić information content (AvgIpc) is 2.65. The molecule has 0 spiro atoms.